The minimum Gasteiger partial charge on any atom is -0.504 e. The zero-order chi connectivity index (χ0) is 20.0. The number of hydrogen-bond donors (Lipinski definition) is 2. The molecule has 0 saturated heterocycles. The second kappa shape index (κ2) is 8.27. The number of nitriles is 1. The molecule has 2 aromatic carbocycles. The summed E-state index contributed by atoms with van der Waals surface area (Å²) in [4.78, 5) is 12.2. The first kappa shape index (κ1) is 19.8. The van der Waals surface area contributed by atoms with Crippen molar-refractivity contribution in [1.82, 2.24) is 0 Å². The summed E-state index contributed by atoms with van der Waals surface area (Å²) in [6, 6.07) is 10.3. The average molecular weight is 376 g/mol. The van der Waals surface area contributed by atoms with Crippen molar-refractivity contribution >= 4 is 17.7 Å². The molecule has 2 N–H and O–H groups in total. The highest BCUT2D eigenvalue weighted by Gasteiger charge is 2.30. The number of para-hydroxylation sites is 1. The molecule has 0 heterocycles. The van der Waals surface area contributed by atoms with E-state index in [1.165, 1.54) is 18.2 Å². The SMILES string of the molecule is CCOc1cccc(/C=C(/C#N)C(=O)Nc2cccc(C(F)(F)F)c2)c1O. The lowest BCUT2D eigenvalue weighted by Gasteiger charge is -2.10. The summed E-state index contributed by atoms with van der Waals surface area (Å²) in [7, 11) is 0. The van der Waals surface area contributed by atoms with E-state index in [0.29, 0.717) is 6.61 Å². The van der Waals surface area contributed by atoms with Crippen LogP contribution in [-0.2, 0) is 11.0 Å². The zero-order valence-corrected chi connectivity index (χ0v) is 14.2. The molecule has 0 spiro atoms. The van der Waals surface area contributed by atoms with E-state index in [-0.39, 0.29) is 22.7 Å². The third kappa shape index (κ3) is 5.01. The lowest BCUT2D eigenvalue weighted by molar-refractivity contribution is -0.137. The number of nitrogens with one attached hydrogen (secondary N) is 1. The zero-order valence-electron chi connectivity index (χ0n) is 14.2. The summed E-state index contributed by atoms with van der Waals surface area (Å²) in [6.45, 7) is 2.03. The van der Waals surface area contributed by atoms with Gasteiger partial charge in [-0.05, 0) is 37.3 Å². The van der Waals surface area contributed by atoms with Gasteiger partial charge < -0.3 is 15.2 Å². The third-order valence-electron chi connectivity index (χ3n) is 3.44. The second-order valence-electron chi connectivity index (χ2n) is 5.33. The number of anilines is 1. The number of ether oxygens (including phenoxy) is 1. The van der Waals surface area contributed by atoms with Gasteiger partial charge in [0.05, 0.1) is 12.2 Å². The quantitative estimate of drug-likeness (QED) is 0.600. The molecule has 5 nitrogen and oxygen atoms in total. The summed E-state index contributed by atoms with van der Waals surface area (Å²) in [5.74, 6) is -0.973. The highest BCUT2D eigenvalue weighted by molar-refractivity contribution is 6.09. The molecule has 0 aliphatic heterocycles. The third-order valence-corrected chi connectivity index (χ3v) is 3.44. The van der Waals surface area contributed by atoms with Crippen LogP contribution >= 0.6 is 0 Å². The molecule has 8 heteroatoms. The van der Waals surface area contributed by atoms with Gasteiger partial charge in [-0.2, -0.15) is 18.4 Å². The Hall–Kier alpha value is -3.47. The van der Waals surface area contributed by atoms with E-state index in [2.05, 4.69) is 5.32 Å². The van der Waals surface area contributed by atoms with Gasteiger partial charge in [0.1, 0.15) is 11.6 Å². The predicted molar refractivity (Wildman–Crippen MR) is 92.9 cm³/mol. The van der Waals surface area contributed by atoms with Crippen LogP contribution in [0.25, 0.3) is 6.08 Å². The summed E-state index contributed by atoms with van der Waals surface area (Å²) >= 11 is 0. The van der Waals surface area contributed by atoms with Crippen LogP contribution in [0.15, 0.2) is 48.0 Å². The van der Waals surface area contributed by atoms with E-state index >= 15 is 0 Å². The molecule has 0 atom stereocenters. The van der Waals surface area contributed by atoms with Gasteiger partial charge >= 0.3 is 6.18 Å². The molecule has 0 aromatic heterocycles. The summed E-state index contributed by atoms with van der Waals surface area (Å²) in [6.07, 6.45) is -3.43. The Morgan fingerprint density at radius 2 is 2.00 bits per heavy atom. The lowest BCUT2D eigenvalue weighted by Crippen LogP contribution is -2.14. The molecule has 0 fully saturated rings. The summed E-state index contributed by atoms with van der Waals surface area (Å²) < 4.78 is 43.5. The average Bonchev–Trinajstić information content (AvgIpc) is 2.62. The van der Waals surface area contributed by atoms with Crippen LogP contribution in [-0.4, -0.2) is 17.6 Å². The normalized spacial score (nSPS) is 11.6. The van der Waals surface area contributed by atoms with Gasteiger partial charge in [0.25, 0.3) is 5.91 Å². The van der Waals surface area contributed by atoms with Crippen LogP contribution < -0.4 is 10.1 Å². The Labute approximate surface area is 153 Å². The number of halogens is 3. The molecular formula is C19H15F3N2O3. The van der Waals surface area contributed by atoms with Crippen molar-refractivity contribution in [2.45, 2.75) is 13.1 Å². The van der Waals surface area contributed by atoms with Gasteiger partial charge in [0.2, 0.25) is 0 Å². The van der Waals surface area contributed by atoms with Crippen molar-refractivity contribution in [3.05, 3.63) is 59.2 Å². The van der Waals surface area contributed by atoms with E-state index in [9.17, 15) is 28.3 Å². The van der Waals surface area contributed by atoms with Gasteiger partial charge in [-0.3, -0.25) is 4.79 Å². The number of nitrogens with zero attached hydrogens (tertiary/aromatic N) is 1. The molecule has 1 amide bonds. The Bertz CT molecular complexity index is 915. The number of phenols is 1. The van der Waals surface area contributed by atoms with Crippen molar-refractivity contribution in [3.63, 3.8) is 0 Å². The lowest BCUT2D eigenvalue weighted by atomic mass is 10.1. The van der Waals surface area contributed by atoms with E-state index in [1.807, 2.05) is 0 Å². The fourth-order valence-corrected chi connectivity index (χ4v) is 2.20. The maximum absolute atomic E-state index is 12.7. The Balaban J connectivity index is 2.28. The standard InChI is InChI=1S/C19H15F3N2O3/c1-2-27-16-8-3-5-12(17(16)25)9-13(11-23)18(26)24-15-7-4-6-14(10-15)19(20,21)22/h3-10,25H,2H2,1H3,(H,24,26)/b13-9-. The summed E-state index contributed by atoms with van der Waals surface area (Å²) in [5, 5.41) is 21.6. The minimum atomic E-state index is -4.56. The first-order chi connectivity index (χ1) is 12.8. The van der Waals surface area contributed by atoms with Gasteiger partial charge in [-0.1, -0.05) is 18.2 Å². The maximum atomic E-state index is 12.7. The van der Waals surface area contributed by atoms with Gasteiger partial charge in [0.15, 0.2) is 11.5 Å². The van der Waals surface area contributed by atoms with Crippen LogP contribution in [0.2, 0.25) is 0 Å². The fourth-order valence-electron chi connectivity index (χ4n) is 2.20. The number of benzene rings is 2. The topological polar surface area (TPSA) is 82.3 Å². The molecule has 0 radical (unpaired) electrons. The molecule has 2 rings (SSSR count). The molecule has 0 aliphatic carbocycles. The predicted octanol–water partition coefficient (Wildman–Crippen LogP) is 4.36. The molecule has 0 saturated carbocycles. The van der Waals surface area contributed by atoms with Crippen LogP contribution in [0.3, 0.4) is 0 Å². The first-order valence-electron chi connectivity index (χ1n) is 7.81. The van der Waals surface area contributed by atoms with Crippen molar-refractivity contribution in [2.24, 2.45) is 0 Å². The molecular weight excluding hydrogens is 361 g/mol. The van der Waals surface area contributed by atoms with E-state index in [0.717, 1.165) is 24.3 Å². The number of carbonyl (C=O) groups is 1. The smallest absolute Gasteiger partial charge is 0.416 e. The maximum Gasteiger partial charge on any atom is 0.416 e. The number of alkyl halides is 3. The minimum absolute atomic E-state index is 0.108. The van der Waals surface area contributed by atoms with Crippen LogP contribution in [0, 0.1) is 11.3 Å². The van der Waals surface area contributed by atoms with E-state index < -0.39 is 23.2 Å². The largest absolute Gasteiger partial charge is 0.504 e. The van der Waals surface area contributed by atoms with Gasteiger partial charge in [0, 0.05) is 11.3 Å². The van der Waals surface area contributed by atoms with Crippen LogP contribution in [0.1, 0.15) is 18.1 Å². The fraction of sp³-hybridized carbons (Fsp3) is 0.158. The number of amides is 1. The van der Waals surface area contributed by atoms with E-state index in [4.69, 9.17) is 4.74 Å². The summed E-state index contributed by atoms with van der Waals surface area (Å²) in [5.41, 5.74) is -1.26. The van der Waals surface area contributed by atoms with Crippen molar-refractivity contribution in [3.8, 4) is 17.6 Å². The monoisotopic (exact) mass is 376 g/mol. The molecule has 2 aromatic rings. The number of hydrogen-bond acceptors (Lipinski definition) is 4. The van der Waals surface area contributed by atoms with E-state index in [1.54, 1.807) is 19.1 Å². The number of rotatable bonds is 5. The molecule has 0 unspecified atom stereocenters. The van der Waals surface area contributed by atoms with Crippen LogP contribution in [0.5, 0.6) is 11.5 Å². The number of phenolic OH excluding ortho intramolecular Hbond substituents is 1. The molecule has 140 valence electrons. The highest BCUT2D eigenvalue weighted by Crippen LogP contribution is 2.32. The van der Waals surface area contributed by atoms with Crippen molar-refractivity contribution in [2.75, 3.05) is 11.9 Å². The molecule has 27 heavy (non-hydrogen) atoms. The Kier molecular flexibility index (Phi) is 6.08. The number of carbonyl (C=O) groups excluding carboxylic acids is 1. The Morgan fingerprint density at radius 3 is 2.63 bits per heavy atom. The van der Waals surface area contributed by atoms with Gasteiger partial charge in [-0.15, -0.1) is 0 Å². The second-order valence-corrected chi connectivity index (χ2v) is 5.33. The van der Waals surface area contributed by atoms with Crippen molar-refractivity contribution < 1.29 is 27.8 Å². The first-order valence-corrected chi connectivity index (χ1v) is 7.81. The highest BCUT2D eigenvalue weighted by atomic mass is 19.4. The molecule has 0 bridgehead atoms. The molecule has 0 aliphatic rings. The number of aromatic hydroxyl groups is 1. The van der Waals surface area contributed by atoms with Crippen molar-refractivity contribution in [1.29, 1.82) is 5.26 Å². The Morgan fingerprint density at radius 1 is 1.30 bits per heavy atom. The van der Waals surface area contributed by atoms with Crippen LogP contribution in [0.4, 0.5) is 18.9 Å². The van der Waals surface area contributed by atoms with Gasteiger partial charge in [-0.25, -0.2) is 0 Å².